The van der Waals surface area contributed by atoms with Crippen molar-refractivity contribution in [1.29, 1.82) is 0 Å². The molecule has 3 aromatic rings. The van der Waals surface area contributed by atoms with Crippen LogP contribution in [0.25, 0.3) is 11.0 Å². The van der Waals surface area contributed by atoms with E-state index in [9.17, 15) is 14.4 Å². The largest absolute Gasteiger partial charge is 0.497 e. The predicted octanol–water partition coefficient (Wildman–Crippen LogP) is 3.23. The smallest absolute Gasteiger partial charge is 0.349 e. The lowest BCUT2D eigenvalue weighted by atomic mass is 10.1. The number of nitrogens with one attached hydrogen (secondary N) is 1. The third-order valence-corrected chi connectivity index (χ3v) is 3.85. The number of hydrogen-bond acceptors (Lipinski definition) is 6. The molecule has 0 aliphatic rings. The van der Waals surface area contributed by atoms with Crippen molar-refractivity contribution in [1.82, 2.24) is 0 Å². The molecule has 7 heteroatoms. The molecule has 0 saturated carbocycles. The number of para-hydroxylation sites is 1. The third kappa shape index (κ3) is 3.82. The standard InChI is InChI=1S/C20H17NO6/c1-3-26-19(23)14-6-4-5-7-16(14)21-18(22)15-11-12-10-13(25-2)8-9-17(12)27-20(15)24/h4-11H,3H2,1-2H3,(H,21,22). The maximum Gasteiger partial charge on any atom is 0.349 e. The molecule has 0 atom stereocenters. The SMILES string of the molecule is CCOC(=O)c1ccccc1NC(=O)c1cc2cc(OC)ccc2oc1=O. The van der Waals surface area contributed by atoms with Gasteiger partial charge >= 0.3 is 11.6 Å². The van der Waals surface area contributed by atoms with Crippen molar-refractivity contribution in [3.05, 3.63) is 70.1 Å². The first kappa shape index (κ1) is 18.2. The average Bonchev–Trinajstić information content (AvgIpc) is 2.67. The fraction of sp³-hybridized carbons (Fsp3) is 0.150. The number of ether oxygens (including phenoxy) is 2. The number of amides is 1. The van der Waals surface area contributed by atoms with E-state index in [2.05, 4.69) is 5.32 Å². The normalized spacial score (nSPS) is 10.4. The van der Waals surface area contributed by atoms with E-state index in [1.54, 1.807) is 43.3 Å². The van der Waals surface area contributed by atoms with E-state index < -0.39 is 17.5 Å². The first-order valence-electron chi connectivity index (χ1n) is 8.23. The van der Waals surface area contributed by atoms with Crippen molar-refractivity contribution in [2.45, 2.75) is 6.92 Å². The number of carbonyl (C=O) groups is 2. The fourth-order valence-electron chi connectivity index (χ4n) is 2.56. The van der Waals surface area contributed by atoms with Gasteiger partial charge in [-0.15, -0.1) is 0 Å². The molecule has 0 unspecified atom stereocenters. The lowest BCUT2D eigenvalue weighted by Crippen LogP contribution is -2.22. The van der Waals surface area contributed by atoms with E-state index in [0.29, 0.717) is 16.7 Å². The predicted molar refractivity (Wildman–Crippen MR) is 99.4 cm³/mol. The van der Waals surface area contributed by atoms with Gasteiger partial charge in [-0.05, 0) is 43.3 Å². The molecule has 138 valence electrons. The minimum atomic E-state index is -0.779. The van der Waals surface area contributed by atoms with Crippen LogP contribution in [0.3, 0.4) is 0 Å². The van der Waals surface area contributed by atoms with Crippen LogP contribution in [0.2, 0.25) is 0 Å². The number of anilines is 1. The zero-order valence-corrected chi connectivity index (χ0v) is 14.8. The molecule has 0 aliphatic carbocycles. The highest BCUT2D eigenvalue weighted by molar-refractivity contribution is 6.08. The molecule has 0 fully saturated rings. The molecule has 1 aromatic heterocycles. The van der Waals surface area contributed by atoms with E-state index in [1.807, 2.05) is 0 Å². The van der Waals surface area contributed by atoms with E-state index in [0.717, 1.165) is 0 Å². The molecule has 0 bridgehead atoms. The van der Waals surface area contributed by atoms with Crippen molar-refractivity contribution in [3.63, 3.8) is 0 Å². The summed E-state index contributed by atoms with van der Waals surface area (Å²) in [5.74, 6) is -0.690. The Bertz CT molecular complexity index is 1070. The van der Waals surface area contributed by atoms with Crippen molar-refractivity contribution in [2.24, 2.45) is 0 Å². The lowest BCUT2D eigenvalue weighted by Gasteiger charge is -2.10. The van der Waals surface area contributed by atoms with Crippen LogP contribution in [-0.4, -0.2) is 25.6 Å². The number of hydrogen-bond donors (Lipinski definition) is 1. The Labute approximate surface area is 154 Å². The van der Waals surface area contributed by atoms with Gasteiger partial charge < -0.3 is 19.2 Å². The molecule has 1 heterocycles. The van der Waals surface area contributed by atoms with Gasteiger partial charge in [0, 0.05) is 5.39 Å². The second kappa shape index (κ2) is 7.74. The van der Waals surface area contributed by atoms with E-state index in [-0.39, 0.29) is 23.4 Å². The monoisotopic (exact) mass is 367 g/mol. The van der Waals surface area contributed by atoms with Crippen molar-refractivity contribution in [3.8, 4) is 5.75 Å². The van der Waals surface area contributed by atoms with Crippen molar-refractivity contribution < 1.29 is 23.5 Å². The van der Waals surface area contributed by atoms with Gasteiger partial charge in [-0.1, -0.05) is 12.1 Å². The molecular formula is C20H17NO6. The van der Waals surface area contributed by atoms with Gasteiger partial charge in [0.2, 0.25) is 0 Å². The Hall–Kier alpha value is -3.61. The minimum Gasteiger partial charge on any atom is -0.497 e. The highest BCUT2D eigenvalue weighted by Crippen LogP contribution is 2.21. The number of methoxy groups -OCH3 is 1. The second-order valence-electron chi connectivity index (χ2n) is 5.57. The highest BCUT2D eigenvalue weighted by Gasteiger charge is 2.18. The summed E-state index contributed by atoms with van der Waals surface area (Å²) >= 11 is 0. The van der Waals surface area contributed by atoms with Crippen LogP contribution in [0.5, 0.6) is 5.75 Å². The fourth-order valence-corrected chi connectivity index (χ4v) is 2.56. The molecule has 0 aliphatic heterocycles. The maximum atomic E-state index is 12.6. The summed E-state index contributed by atoms with van der Waals surface area (Å²) in [5.41, 5.74) is -0.192. The summed E-state index contributed by atoms with van der Waals surface area (Å²) < 4.78 is 15.3. The molecule has 1 N–H and O–H groups in total. The maximum absolute atomic E-state index is 12.6. The van der Waals surface area contributed by atoms with Gasteiger partial charge in [0.25, 0.3) is 5.91 Å². The zero-order chi connectivity index (χ0) is 19.4. The highest BCUT2D eigenvalue weighted by atomic mass is 16.5. The quantitative estimate of drug-likeness (QED) is 0.549. The van der Waals surface area contributed by atoms with E-state index >= 15 is 0 Å². The van der Waals surface area contributed by atoms with Gasteiger partial charge in [0.05, 0.1) is 25.0 Å². The van der Waals surface area contributed by atoms with Crippen LogP contribution >= 0.6 is 0 Å². The molecule has 0 spiro atoms. The Kier molecular flexibility index (Phi) is 5.21. The molecule has 27 heavy (non-hydrogen) atoms. The summed E-state index contributed by atoms with van der Waals surface area (Å²) in [6.45, 7) is 1.89. The van der Waals surface area contributed by atoms with Crippen LogP contribution in [0, 0.1) is 0 Å². The summed E-state index contributed by atoms with van der Waals surface area (Å²) in [4.78, 5) is 36.8. The van der Waals surface area contributed by atoms with Gasteiger partial charge in [0.15, 0.2) is 0 Å². The average molecular weight is 367 g/mol. The molecule has 7 nitrogen and oxygen atoms in total. The molecule has 2 aromatic carbocycles. The van der Waals surface area contributed by atoms with Crippen molar-refractivity contribution in [2.75, 3.05) is 19.0 Å². The number of rotatable bonds is 5. The van der Waals surface area contributed by atoms with Crippen LogP contribution in [-0.2, 0) is 4.74 Å². The van der Waals surface area contributed by atoms with Crippen LogP contribution < -0.4 is 15.7 Å². The topological polar surface area (TPSA) is 94.8 Å². The van der Waals surface area contributed by atoms with Gasteiger partial charge in [-0.3, -0.25) is 4.79 Å². The summed E-state index contributed by atoms with van der Waals surface area (Å²) in [6.07, 6.45) is 0. The molecule has 0 radical (unpaired) electrons. The first-order chi connectivity index (χ1) is 13.0. The van der Waals surface area contributed by atoms with Crippen LogP contribution in [0.15, 0.2) is 57.7 Å². The first-order valence-corrected chi connectivity index (χ1v) is 8.23. The van der Waals surface area contributed by atoms with Gasteiger partial charge in [0.1, 0.15) is 16.9 Å². The Balaban J connectivity index is 1.96. The summed E-state index contributed by atoms with van der Waals surface area (Å²) in [6, 6.07) is 12.7. The van der Waals surface area contributed by atoms with Crippen molar-refractivity contribution >= 4 is 28.5 Å². The summed E-state index contributed by atoms with van der Waals surface area (Å²) in [5, 5.41) is 3.11. The second-order valence-corrected chi connectivity index (χ2v) is 5.57. The Morgan fingerprint density at radius 1 is 1.07 bits per heavy atom. The molecule has 0 saturated heterocycles. The van der Waals surface area contributed by atoms with E-state index in [1.165, 1.54) is 19.2 Å². The Morgan fingerprint density at radius 2 is 1.85 bits per heavy atom. The van der Waals surface area contributed by atoms with Crippen LogP contribution in [0.1, 0.15) is 27.6 Å². The molecular weight excluding hydrogens is 350 g/mol. The number of esters is 1. The van der Waals surface area contributed by atoms with E-state index in [4.69, 9.17) is 13.9 Å². The Morgan fingerprint density at radius 3 is 2.59 bits per heavy atom. The van der Waals surface area contributed by atoms with Gasteiger partial charge in [-0.2, -0.15) is 0 Å². The number of carbonyl (C=O) groups excluding carboxylic acids is 2. The number of benzene rings is 2. The number of fused-ring (bicyclic) bond motifs is 1. The third-order valence-electron chi connectivity index (χ3n) is 3.85. The minimum absolute atomic E-state index is 0.186. The summed E-state index contributed by atoms with van der Waals surface area (Å²) in [7, 11) is 1.51. The van der Waals surface area contributed by atoms with Gasteiger partial charge in [-0.25, -0.2) is 9.59 Å². The molecule has 3 rings (SSSR count). The van der Waals surface area contributed by atoms with Crippen LogP contribution in [0.4, 0.5) is 5.69 Å². The molecule has 1 amide bonds. The lowest BCUT2D eigenvalue weighted by molar-refractivity contribution is 0.0527. The zero-order valence-electron chi connectivity index (χ0n) is 14.8.